The second kappa shape index (κ2) is 19.3. The number of hydrogen-bond acceptors (Lipinski definition) is 3. The van der Waals surface area contributed by atoms with Gasteiger partial charge < -0.3 is 9.84 Å². The summed E-state index contributed by atoms with van der Waals surface area (Å²) in [6.45, 7) is 14.8. The van der Waals surface area contributed by atoms with Gasteiger partial charge in [-0.15, -0.1) is 0 Å². The van der Waals surface area contributed by atoms with Gasteiger partial charge in [-0.1, -0.05) is 135 Å². The number of hydrogen-bond donors (Lipinski definition) is 1. The summed E-state index contributed by atoms with van der Waals surface area (Å²) in [5.41, 5.74) is 2.46. The van der Waals surface area contributed by atoms with Crippen LogP contribution in [0.25, 0.3) is 0 Å². The van der Waals surface area contributed by atoms with Crippen molar-refractivity contribution in [3.63, 3.8) is 0 Å². The van der Waals surface area contributed by atoms with E-state index in [0.717, 1.165) is 93.3 Å². The van der Waals surface area contributed by atoms with Gasteiger partial charge in [-0.05, 0) is 117 Å². The van der Waals surface area contributed by atoms with Crippen LogP contribution in [0.5, 0.6) is 0 Å². The predicted octanol–water partition coefficient (Wildman–Crippen LogP) is 12.7. The van der Waals surface area contributed by atoms with Crippen LogP contribution in [0, 0.1) is 46.3 Å². The molecule has 3 heteroatoms. The van der Waals surface area contributed by atoms with Crippen molar-refractivity contribution in [3.8, 4) is 0 Å². The number of allylic oxidation sites excluding steroid dienone is 4. The molecule has 0 spiro atoms. The summed E-state index contributed by atoms with van der Waals surface area (Å²) in [7, 11) is 0. The molecule has 0 aliphatic heterocycles. The Labute approximate surface area is 297 Å². The lowest BCUT2D eigenvalue weighted by Gasteiger charge is -2.58. The summed E-state index contributed by atoms with van der Waals surface area (Å²) in [5, 5.41) is 10.2. The van der Waals surface area contributed by atoms with E-state index in [1.807, 2.05) is 12.2 Å². The van der Waals surface area contributed by atoms with Crippen LogP contribution < -0.4 is 0 Å². The van der Waals surface area contributed by atoms with Crippen molar-refractivity contribution in [2.75, 3.05) is 0 Å². The van der Waals surface area contributed by atoms with E-state index in [1.54, 1.807) is 5.57 Å². The third-order valence-electron chi connectivity index (χ3n) is 14.0. The lowest BCUT2D eigenvalue weighted by Crippen LogP contribution is -2.51. The molecule has 0 saturated heterocycles. The quantitative estimate of drug-likeness (QED) is 0.0610. The topological polar surface area (TPSA) is 46.5 Å². The van der Waals surface area contributed by atoms with Gasteiger partial charge in [-0.2, -0.15) is 0 Å². The van der Waals surface area contributed by atoms with Gasteiger partial charge in [-0.25, -0.2) is 0 Å². The Kier molecular flexibility index (Phi) is 15.9. The molecule has 0 aromatic rings. The van der Waals surface area contributed by atoms with Gasteiger partial charge in [0.15, 0.2) is 0 Å². The highest BCUT2D eigenvalue weighted by Gasteiger charge is 2.59. The number of carbonyl (C=O) groups is 1. The maximum absolute atomic E-state index is 12.8. The molecule has 4 aliphatic rings. The molecule has 48 heavy (non-hydrogen) atoms. The Hall–Kier alpha value is -1.35. The molecule has 0 bridgehead atoms. The maximum Gasteiger partial charge on any atom is 0.306 e. The average molecular weight is 665 g/mol. The minimum Gasteiger partial charge on any atom is -0.462 e. The summed E-state index contributed by atoms with van der Waals surface area (Å²) in [6.07, 6.45) is 36.4. The molecule has 0 aromatic heterocycles. The first kappa shape index (κ1) is 39.4. The highest BCUT2D eigenvalue weighted by molar-refractivity contribution is 5.69. The molecule has 4 aliphatic carbocycles. The average Bonchev–Trinajstić information content (AvgIpc) is 3.41. The molecule has 3 saturated carbocycles. The molecule has 1 N–H and O–H groups in total. The van der Waals surface area contributed by atoms with Gasteiger partial charge in [0.05, 0.1) is 6.10 Å². The first-order valence-corrected chi connectivity index (χ1v) is 21.0. The third kappa shape index (κ3) is 10.6. The van der Waals surface area contributed by atoms with E-state index >= 15 is 0 Å². The normalized spacial score (nSPS) is 33.0. The zero-order chi connectivity index (χ0) is 34.6. The van der Waals surface area contributed by atoms with Crippen LogP contribution in [0.3, 0.4) is 0 Å². The highest BCUT2D eigenvalue weighted by atomic mass is 16.5. The molecular formula is C45H76O3. The fourth-order valence-electron chi connectivity index (χ4n) is 11.1. The van der Waals surface area contributed by atoms with Crippen molar-refractivity contribution in [1.29, 1.82) is 0 Å². The number of ether oxygens (including phenoxy) is 1. The maximum atomic E-state index is 12.8. The Morgan fingerprint density at radius 2 is 1.69 bits per heavy atom. The van der Waals surface area contributed by atoms with Crippen molar-refractivity contribution in [2.45, 2.75) is 195 Å². The largest absolute Gasteiger partial charge is 0.462 e. The molecule has 3 fully saturated rings. The molecule has 3 nitrogen and oxygen atoms in total. The van der Waals surface area contributed by atoms with Gasteiger partial charge in [0.25, 0.3) is 0 Å². The number of esters is 1. The van der Waals surface area contributed by atoms with Crippen LogP contribution in [0.2, 0.25) is 0 Å². The van der Waals surface area contributed by atoms with Gasteiger partial charge in [0.1, 0.15) is 6.10 Å². The highest BCUT2D eigenvalue weighted by Crippen LogP contribution is 2.67. The van der Waals surface area contributed by atoms with E-state index < -0.39 is 0 Å². The second-order valence-corrected chi connectivity index (χ2v) is 17.8. The smallest absolute Gasteiger partial charge is 0.306 e. The number of aliphatic hydroxyl groups excluding tert-OH is 1. The summed E-state index contributed by atoms with van der Waals surface area (Å²) in [4.78, 5) is 12.8. The standard InChI is InChI=1S/C45H76O3/c1-7-8-9-10-11-13-16-22-37(46)23-17-14-12-15-18-24-43(47)48-38-29-31-44(5)36(33-38)25-26-39-41-28-27-40(35(4)21-19-20-34(2)3)45(41,6)32-30-42(39)44/h11,13,16,22,25,34-35,37-42,46H,7-10,12,14-15,17-21,23-24,26-33H2,1-6H3/b13-11-,22-16+/t35-,37?,38+,39+,40-,41+,42+,44+,45-/m1/s1. The van der Waals surface area contributed by atoms with Crippen LogP contribution in [-0.4, -0.2) is 23.3 Å². The Morgan fingerprint density at radius 1 is 0.896 bits per heavy atom. The van der Waals surface area contributed by atoms with Crippen molar-refractivity contribution >= 4 is 5.97 Å². The predicted molar refractivity (Wildman–Crippen MR) is 204 cm³/mol. The monoisotopic (exact) mass is 665 g/mol. The molecule has 0 radical (unpaired) electrons. The van der Waals surface area contributed by atoms with Gasteiger partial charge >= 0.3 is 5.97 Å². The van der Waals surface area contributed by atoms with E-state index in [9.17, 15) is 9.90 Å². The van der Waals surface area contributed by atoms with Crippen LogP contribution in [-0.2, 0) is 9.53 Å². The minimum atomic E-state index is -0.353. The van der Waals surface area contributed by atoms with E-state index in [0.29, 0.717) is 17.3 Å². The first-order valence-electron chi connectivity index (χ1n) is 21.0. The minimum absolute atomic E-state index is 0.00846. The molecule has 4 rings (SSSR count). The lowest BCUT2D eigenvalue weighted by atomic mass is 9.47. The molecule has 9 atom stereocenters. The molecule has 0 amide bonds. The van der Waals surface area contributed by atoms with Crippen LogP contribution in [0.15, 0.2) is 36.0 Å². The summed E-state index contributed by atoms with van der Waals surface area (Å²) < 4.78 is 6.10. The van der Waals surface area contributed by atoms with Gasteiger partial charge in [-0.3, -0.25) is 4.79 Å². The summed E-state index contributed by atoms with van der Waals surface area (Å²) >= 11 is 0. The second-order valence-electron chi connectivity index (χ2n) is 17.8. The van der Waals surface area contributed by atoms with Gasteiger partial charge in [0.2, 0.25) is 0 Å². The van der Waals surface area contributed by atoms with Crippen molar-refractivity contribution in [3.05, 3.63) is 36.0 Å². The van der Waals surface area contributed by atoms with Crippen LogP contribution >= 0.6 is 0 Å². The molecule has 1 unspecified atom stereocenters. The lowest BCUT2D eigenvalue weighted by molar-refractivity contribution is -0.151. The SMILES string of the molecule is CCCCC/C=C\C=C\C(O)CCCCCCCC(=O)O[C@H]1CC[C@@]2(C)C(=CC[C@H]3[C@@H]4CC[C@H]([C@H](C)CCCC(C)C)[C@@]4(C)CC[C@@H]32)C1. The zero-order valence-corrected chi connectivity index (χ0v) is 32.3. The molecule has 0 heterocycles. The van der Waals surface area contributed by atoms with Crippen LogP contribution in [0.1, 0.15) is 183 Å². The van der Waals surface area contributed by atoms with E-state index in [-0.39, 0.29) is 18.2 Å². The Bertz CT molecular complexity index is 1050. The van der Waals surface area contributed by atoms with Crippen molar-refractivity contribution in [2.24, 2.45) is 46.3 Å². The molecular weight excluding hydrogens is 588 g/mol. The van der Waals surface area contributed by atoms with Gasteiger partial charge in [0, 0.05) is 12.8 Å². The number of aliphatic hydroxyl groups is 1. The summed E-state index contributed by atoms with van der Waals surface area (Å²) in [6, 6.07) is 0. The van der Waals surface area contributed by atoms with E-state index in [1.165, 1.54) is 77.0 Å². The summed E-state index contributed by atoms with van der Waals surface area (Å²) in [5.74, 6) is 5.18. The number of unbranched alkanes of at least 4 members (excludes halogenated alkanes) is 7. The Morgan fingerprint density at radius 3 is 2.48 bits per heavy atom. The zero-order valence-electron chi connectivity index (χ0n) is 32.3. The van der Waals surface area contributed by atoms with E-state index in [4.69, 9.17) is 4.74 Å². The molecule has 0 aromatic carbocycles. The first-order chi connectivity index (χ1) is 23.1. The third-order valence-corrected chi connectivity index (χ3v) is 14.0. The van der Waals surface area contributed by atoms with Crippen molar-refractivity contribution < 1.29 is 14.6 Å². The van der Waals surface area contributed by atoms with Crippen molar-refractivity contribution in [1.82, 2.24) is 0 Å². The molecule has 274 valence electrons. The number of fused-ring (bicyclic) bond motifs is 5. The number of carbonyl (C=O) groups excluding carboxylic acids is 1. The fraction of sp³-hybridized carbons (Fsp3) is 0.844. The van der Waals surface area contributed by atoms with Crippen LogP contribution in [0.4, 0.5) is 0 Å². The number of rotatable bonds is 20. The van der Waals surface area contributed by atoms with E-state index in [2.05, 4.69) is 59.8 Å². The Balaban J connectivity index is 1.13. The fourth-order valence-corrected chi connectivity index (χ4v) is 11.1.